The van der Waals surface area contributed by atoms with Crippen molar-refractivity contribution < 1.29 is 18.0 Å². The fourth-order valence-electron chi connectivity index (χ4n) is 3.91. The van der Waals surface area contributed by atoms with Crippen molar-refractivity contribution in [2.24, 2.45) is 0 Å². The van der Waals surface area contributed by atoms with Gasteiger partial charge in [0.1, 0.15) is 0 Å². The molecule has 0 radical (unpaired) electrons. The van der Waals surface area contributed by atoms with Gasteiger partial charge in [-0.2, -0.15) is 18.3 Å². The van der Waals surface area contributed by atoms with Crippen LogP contribution < -0.4 is 0 Å². The molecule has 1 saturated heterocycles. The van der Waals surface area contributed by atoms with E-state index in [-0.39, 0.29) is 12.5 Å². The standard InChI is InChI=1S/C19H17F3N6O/c1-11-15-8-28-18(24-16(25-28)9-26-6-2-3-17(26)29)13-7-12(19(20,21)22)4-5-14(13)27(15)10-23-11/h4-5,7,10H,2-3,6,8-9H2,1H3. The van der Waals surface area contributed by atoms with E-state index in [2.05, 4.69) is 15.1 Å². The van der Waals surface area contributed by atoms with Crippen LogP contribution in [0.25, 0.3) is 17.1 Å². The Labute approximate surface area is 163 Å². The van der Waals surface area contributed by atoms with Crippen LogP contribution in [-0.4, -0.2) is 41.7 Å². The first-order valence-corrected chi connectivity index (χ1v) is 9.27. The first-order chi connectivity index (χ1) is 13.8. The van der Waals surface area contributed by atoms with Gasteiger partial charge in [0, 0.05) is 18.5 Å². The van der Waals surface area contributed by atoms with Crippen LogP contribution in [0, 0.1) is 6.92 Å². The maximum Gasteiger partial charge on any atom is 0.416 e. The topological polar surface area (TPSA) is 68.8 Å². The lowest BCUT2D eigenvalue weighted by atomic mass is 10.1. The minimum atomic E-state index is -4.47. The van der Waals surface area contributed by atoms with E-state index in [1.165, 1.54) is 6.07 Å². The third-order valence-electron chi connectivity index (χ3n) is 5.42. The Bertz CT molecular complexity index is 1130. The lowest BCUT2D eigenvalue weighted by Crippen LogP contribution is -2.24. The highest BCUT2D eigenvalue weighted by Crippen LogP contribution is 2.37. The maximum absolute atomic E-state index is 13.3. The molecule has 2 aromatic heterocycles. The van der Waals surface area contributed by atoms with E-state index < -0.39 is 11.7 Å². The first kappa shape index (κ1) is 17.9. The average molecular weight is 402 g/mol. The Balaban J connectivity index is 1.66. The highest BCUT2D eigenvalue weighted by molar-refractivity contribution is 5.78. The second-order valence-corrected chi connectivity index (χ2v) is 7.30. The van der Waals surface area contributed by atoms with Crippen LogP contribution in [0.4, 0.5) is 13.2 Å². The number of hydrogen-bond donors (Lipinski definition) is 0. The fraction of sp³-hybridized carbons (Fsp3) is 0.368. The highest BCUT2D eigenvalue weighted by Gasteiger charge is 2.33. The van der Waals surface area contributed by atoms with Crippen molar-refractivity contribution in [3.05, 3.63) is 47.3 Å². The molecule has 2 aliphatic heterocycles. The van der Waals surface area contributed by atoms with Crippen molar-refractivity contribution in [1.29, 1.82) is 0 Å². The van der Waals surface area contributed by atoms with Gasteiger partial charge in [-0.05, 0) is 31.5 Å². The molecule has 5 rings (SSSR count). The molecule has 150 valence electrons. The Morgan fingerprint density at radius 3 is 2.79 bits per heavy atom. The maximum atomic E-state index is 13.3. The molecule has 0 N–H and O–H groups in total. The van der Waals surface area contributed by atoms with Gasteiger partial charge in [0.15, 0.2) is 11.6 Å². The Morgan fingerprint density at radius 2 is 2.07 bits per heavy atom. The SMILES string of the molecule is Cc1ncn2c1Cn1nc(CN3CCCC3=O)nc1-c1cc(C(F)(F)F)ccc1-2. The van der Waals surface area contributed by atoms with Crippen molar-refractivity contribution >= 4 is 5.91 Å². The molecule has 1 fully saturated rings. The van der Waals surface area contributed by atoms with Gasteiger partial charge in [0.05, 0.1) is 42.1 Å². The summed E-state index contributed by atoms with van der Waals surface area (Å²) < 4.78 is 43.4. The van der Waals surface area contributed by atoms with E-state index >= 15 is 0 Å². The zero-order valence-corrected chi connectivity index (χ0v) is 15.6. The monoisotopic (exact) mass is 402 g/mol. The number of alkyl halides is 3. The van der Waals surface area contributed by atoms with Gasteiger partial charge >= 0.3 is 6.18 Å². The molecule has 0 unspecified atom stereocenters. The summed E-state index contributed by atoms with van der Waals surface area (Å²) in [5.74, 6) is 0.823. The van der Waals surface area contributed by atoms with Gasteiger partial charge in [0.2, 0.25) is 5.91 Å². The molecule has 29 heavy (non-hydrogen) atoms. The van der Waals surface area contributed by atoms with Crippen molar-refractivity contribution in [2.45, 2.75) is 39.0 Å². The van der Waals surface area contributed by atoms with Crippen LogP contribution in [0.3, 0.4) is 0 Å². The van der Waals surface area contributed by atoms with Gasteiger partial charge in [0.25, 0.3) is 0 Å². The molecule has 2 aliphatic rings. The van der Waals surface area contributed by atoms with E-state index in [0.717, 1.165) is 29.9 Å². The molecular weight excluding hydrogens is 385 g/mol. The number of amides is 1. The molecule has 1 aromatic carbocycles. The predicted molar refractivity (Wildman–Crippen MR) is 96.1 cm³/mol. The second-order valence-electron chi connectivity index (χ2n) is 7.30. The van der Waals surface area contributed by atoms with E-state index in [1.54, 1.807) is 20.5 Å². The fourth-order valence-corrected chi connectivity index (χ4v) is 3.91. The minimum Gasteiger partial charge on any atom is -0.335 e. The van der Waals surface area contributed by atoms with Crippen LogP contribution in [-0.2, 0) is 24.1 Å². The van der Waals surface area contributed by atoms with Crippen molar-refractivity contribution in [3.8, 4) is 17.1 Å². The zero-order chi connectivity index (χ0) is 20.3. The Kier molecular flexibility index (Phi) is 3.80. The summed E-state index contributed by atoms with van der Waals surface area (Å²) in [6.07, 6.45) is -1.57. The van der Waals surface area contributed by atoms with Crippen molar-refractivity contribution in [1.82, 2.24) is 29.2 Å². The second kappa shape index (κ2) is 6.16. The number of imidazole rings is 1. The molecule has 0 atom stereocenters. The smallest absolute Gasteiger partial charge is 0.335 e. The van der Waals surface area contributed by atoms with Crippen LogP contribution in [0.5, 0.6) is 0 Å². The first-order valence-electron chi connectivity index (χ1n) is 9.27. The normalized spacial score (nSPS) is 15.9. The number of halogens is 3. The number of aromatic nitrogens is 5. The van der Waals surface area contributed by atoms with E-state index in [1.807, 2.05) is 6.92 Å². The summed E-state index contributed by atoms with van der Waals surface area (Å²) in [7, 11) is 0. The van der Waals surface area contributed by atoms with Gasteiger partial charge in [-0.15, -0.1) is 0 Å². The summed E-state index contributed by atoms with van der Waals surface area (Å²) in [5, 5.41) is 4.51. The molecular formula is C19H17F3N6O. The van der Waals surface area contributed by atoms with Gasteiger partial charge < -0.3 is 9.47 Å². The van der Waals surface area contributed by atoms with E-state index in [4.69, 9.17) is 0 Å². The van der Waals surface area contributed by atoms with E-state index in [0.29, 0.717) is 42.4 Å². The third-order valence-corrected chi connectivity index (χ3v) is 5.42. The molecule has 7 nitrogen and oxygen atoms in total. The number of nitrogens with zero attached hydrogens (tertiary/aromatic N) is 6. The number of aryl methyl sites for hydroxylation is 1. The van der Waals surface area contributed by atoms with Gasteiger partial charge in [-0.3, -0.25) is 4.79 Å². The lowest BCUT2D eigenvalue weighted by molar-refractivity contribution is -0.137. The van der Waals surface area contributed by atoms with Crippen LogP contribution in [0.2, 0.25) is 0 Å². The number of carbonyl (C=O) groups excluding carboxylic acids is 1. The zero-order valence-electron chi connectivity index (χ0n) is 15.6. The molecule has 3 aromatic rings. The molecule has 0 bridgehead atoms. The minimum absolute atomic E-state index is 0.0451. The number of rotatable bonds is 2. The summed E-state index contributed by atoms with van der Waals surface area (Å²) in [4.78, 5) is 22.4. The molecule has 0 aliphatic carbocycles. The van der Waals surface area contributed by atoms with E-state index in [9.17, 15) is 18.0 Å². The van der Waals surface area contributed by atoms with Gasteiger partial charge in [-0.25, -0.2) is 14.6 Å². The number of fused-ring (bicyclic) bond motifs is 5. The molecule has 4 heterocycles. The summed E-state index contributed by atoms with van der Waals surface area (Å²) >= 11 is 0. The van der Waals surface area contributed by atoms with Crippen LogP contribution in [0.1, 0.15) is 35.6 Å². The Hall–Kier alpha value is -3.17. The number of benzene rings is 1. The third kappa shape index (κ3) is 2.90. The largest absolute Gasteiger partial charge is 0.416 e. The predicted octanol–water partition coefficient (Wildman–Crippen LogP) is 2.94. The summed E-state index contributed by atoms with van der Waals surface area (Å²) in [5.41, 5.74) is 1.77. The number of carbonyl (C=O) groups is 1. The summed E-state index contributed by atoms with van der Waals surface area (Å²) in [6, 6.07) is 3.61. The van der Waals surface area contributed by atoms with Crippen LogP contribution >= 0.6 is 0 Å². The Morgan fingerprint density at radius 1 is 1.24 bits per heavy atom. The average Bonchev–Trinajstić information content (AvgIpc) is 3.33. The van der Waals surface area contributed by atoms with Crippen molar-refractivity contribution in [2.75, 3.05) is 6.54 Å². The highest BCUT2D eigenvalue weighted by atomic mass is 19.4. The van der Waals surface area contributed by atoms with Crippen molar-refractivity contribution in [3.63, 3.8) is 0 Å². The lowest BCUT2D eigenvalue weighted by Gasteiger charge is -2.13. The summed E-state index contributed by atoms with van der Waals surface area (Å²) in [6.45, 7) is 3.08. The number of hydrogen-bond acceptors (Lipinski definition) is 4. The molecule has 10 heteroatoms. The molecule has 0 spiro atoms. The number of likely N-dealkylation sites (tertiary alicyclic amines) is 1. The molecule has 1 amide bonds. The van der Waals surface area contributed by atoms with Crippen LogP contribution in [0.15, 0.2) is 24.5 Å². The quantitative estimate of drug-likeness (QED) is 0.517. The molecule has 0 saturated carbocycles. The van der Waals surface area contributed by atoms with Gasteiger partial charge in [-0.1, -0.05) is 0 Å².